The lowest BCUT2D eigenvalue weighted by Crippen LogP contribution is -2.37. The van der Waals surface area contributed by atoms with Gasteiger partial charge in [-0.3, -0.25) is 4.79 Å². The summed E-state index contributed by atoms with van der Waals surface area (Å²) in [6.07, 6.45) is 2.00. The Labute approximate surface area is 154 Å². The molecular formula is C20H23NO4S. The van der Waals surface area contributed by atoms with E-state index in [1.165, 1.54) is 12.1 Å². The van der Waals surface area contributed by atoms with Gasteiger partial charge in [0, 0.05) is 25.9 Å². The van der Waals surface area contributed by atoms with Gasteiger partial charge in [0.15, 0.2) is 0 Å². The van der Waals surface area contributed by atoms with E-state index in [-0.39, 0.29) is 22.5 Å². The molecule has 1 heterocycles. The molecule has 0 spiro atoms. The van der Waals surface area contributed by atoms with Crippen molar-refractivity contribution in [2.45, 2.75) is 37.5 Å². The molecule has 0 aromatic heterocycles. The molecule has 1 aliphatic heterocycles. The average molecular weight is 373 g/mol. The first-order chi connectivity index (χ1) is 12.3. The number of rotatable bonds is 4. The molecule has 5 nitrogen and oxygen atoms in total. The van der Waals surface area contributed by atoms with Gasteiger partial charge in [-0.05, 0) is 49.6 Å². The fourth-order valence-electron chi connectivity index (χ4n) is 3.21. The van der Waals surface area contributed by atoms with Gasteiger partial charge in [-0.15, -0.1) is 0 Å². The number of hydrogen-bond acceptors (Lipinski definition) is 4. The van der Waals surface area contributed by atoms with E-state index in [4.69, 9.17) is 4.18 Å². The first-order valence-corrected chi connectivity index (χ1v) is 10.1. The minimum Gasteiger partial charge on any atom is -0.379 e. The van der Waals surface area contributed by atoms with E-state index in [0.29, 0.717) is 6.54 Å². The Bertz CT molecular complexity index is 873. The lowest BCUT2D eigenvalue weighted by molar-refractivity contribution is -0.130. The van der Waals surface area contributed by atoms with Crippen LogP contribution in [0, 0.1) is 6.92 Å². The molecule has 138 valence electrons. The average Bonchev–Trinajstić information content (AvgIpc) is 2.62. The summed E-state index contributed by atoms with van der Waals surface area (Å²) in [6.45, 7) is 5.00. The molecule has 0 N–H and O–H groups in total. The standard InChI is InChI=1S/C20H23NO4S/c1-15-5-11-20(12-6-15)26(23,24)25-19-9-7-17(8-10-19)18-4-3-13-21(14-18)16(2)22/h5-12,18H,3-4,13-14H2,1-2H3/t18-/m1/s1. The van der Waals surface area contributed by atoms with Crippen LogP contribution in [0.2, 0.25) is 0 Å². The third-order valence-electron chi connectivity index (χ3n) is 4.73. The molecule has 0 saturated carbocycles. The maximum Gasteiger partial charge on any atom is 0.339 e. The van der Waals surface area contributed by atoms with Gasteiger partial charge in [-0.1, -0.05) is 29.8 Å². The van der Waals surface area contributed by atoms with Gasteiger partial charge in [0.25, 0.3) is 0 Å². The van der Waals surface area contributed by atoms with Gasteiger partial charge in [-0.2, -0.15) is 8.42 Å². The van der Waals surface area contributed by atoms with E-state index in [1.807, 2.05) is 24.0 Å². The van der Waals surface area contributed by atoms with Crippen molar-refractivity contribution in [1.29, 1.82) is 0 Å². The van der Waals surface area contributed by atoms with Crippen molar-refractivity contribution in [3.63, 3.8) is 0 Å². The predicted octanol–water partition coefficient (Wildman–Crippen LogP) is 3.49. The summed E-state index contributed by atoms with van der Waals surface area (Å²) in [5, 5.41) is 0. The van der Waals surface area contributed by atoms with Crippen LogP contribution >= 0.6 is 0 Å². The van der Waals surface area contributed by atoms with E-state index < -0.39 is 10.1 Å². The third-order valence-corrected chi connectivity index (χ3v) is 6.00. The first kappa shape index (κ1) is 18.5. The van der Waals surface area contributed by atoms with Crippen LogP contribution in [0.4, 0.5) is 0 Å². The zero-order valence-electron chi connectivity index (χ0n) is 15.0. The van der Waals surface area contributed by atoms with Gasteiger partial charge in [-0.25, -0.2) is 0 Å². The number of nitrogens with zero attached hydrogens (tertiary/aromatic N) is 1. The first-order valence-electron chi connectivity index (χ1n) is 8.72. The molecule has 1 saturated heterocycles. The van der Waals surface area contributed by atoms with Crippen LogP contribution in [0.3, 0.4) is 0 Å². The number of hydrogen-bond donors (Lipinski definition) is 0. The fourth-order valence-corrected chi connectivity index (χ4v) is 4.14. The quantitative estimate of drug-likeness (QED) is 0.770. The summed E-state index contributed by atoms with van der Waals surface area (Å²) in [5.74, 6) is 0.655. The number of amides is 1. The Morgan fingerprint density at radius 3 is 2.35 bits per heavy atom. The summed E-state index contributed by atoms with van der Waals surface area (Å²) in [4.78, 5) is 13.6. The van der Waals surface area contributed by atoms with Crippen LogP contribution in [0.1, 0.15) is 36.8 Å². The molecule has 26 heavy (non-hydrogen) atoms. The second-order valence-electron chi connectivity index (χ2n) is 6.72. The highest BCUT2D eigenvalue weighted by molar-refractivity contribution is 7.87. The number of benzene rings is 2. The van der Waals surface area contributed by atoms with Gasteiger partial charge >= 0.3 is 10.1 Å². The lowest BCUT2D eigenvalue weighted by Gasteiger charge is -2.32. The molecule has 0 unspecified atom stereocenters. The van der Waals surface area contributed by atoms with Gasteiger partial charge in [0.05, 0.1) is 0 Å². The number of likely N-dealkylation sites (tertiary alicyclic amines) is 1. The van der Waals surface area contributed by atoms with Gasteiger partial charge < -0.3 is 9.08 Å². The normalized spacial score (nSPS) is 17.8. The van der Waals surface area contributed by atoms with E-state index in [0.717, 1.165) is 30.5 Å². The van der Waals surface area contributed by atoms with Crippen LogP contribution in [0.5, 0.6) is 5.75 Å². The summed E-state index contributed by atoms with van der Waals surface area (Å²) in [7, 11) is -3.84. The zero-order chi connectivity index (χ0) is 18.7. The lowest BCUT2D eigenvalue weighted by atomic mass is 9.90. The molecule has 0 bridgehead atoms. The summed E-state index contributed by atoms with van der Waals surface area (Å²) < 4.78 is 29.9. The molecule has 3 rings (SSSR count). The van der Waals surface area contributed by atoms with Crippen molar-refractivity contribution in [2.24, 2.45) is 0 Å². The zero-order valence-corrected chi connectivity index (χ0v) is 15.8. The highest BCUT2D eigenvalue weighted by atomic mass is 32.2. The Hall–Kier alpha value is -2.34. The second kappa shape index (κ2) is 7.50. The number of aryl methyl sites for hydroxylation is 1. The largest absolute Gasteiger partial charge is 0.379 e. The van der Waals surface area contributed by atoms with E-state index in [9.17, 15) is 13.2 Å². The van der Waals surface area contributed by atoms with Crippen molar-refractivity contribution < 1.29 is 17.4 Å². The molecular weight excluding hydrogens is 350 g/mol. The topological polar surface area (TPSA) is 63.7 Å². The maximum absolute atomic E-state index is 12.4. The molecule has 1 fully saturated rings. The van der Waals surface area contributed by atoms with Crippen molar-refractivity contribution in [1.82, 2.24) is 4.90 Å². The number of carbonyl (C=O) groups is 1. The molecule has 1 atom stereocenters. The fraction of sp³-hybridized carbons (Fsp3) is 0.350. The van der Waals surface area contributed by atoms with E-state index in [2.05, 4.69) is 0 Å². The Balaban J connectivity index is 1.71. The predicted molar refractivity (Wildman–Crippen MR) is 99.7 cm³/mol. The molecule has 6 heteroatoms. The van der Waals surface area contributed by atoms with Crippen molar-refractivity contribution in [3.8, 4) is 5.75 Å². The highest BCUT2D eigenvalue weighted by Crippen LogP contribution is 2.29. The number of piperidine rings is 1. The van der Waals surface area contributed by atoms with Crippen molar-refractivity contribution >= 4 is 16.0 Å². The summed E-state index contributed by atoms with van der Waals surface area (Å²) in [5.41, 5.74) is 2.08. The van der Waals surface area contributed by atoms with Crippen molar-refractivity contribution in [2.75, 3.05) is 13.1 Å². The van der Waals surface area contributed by atoms with Crippen LogP contribution in [0.15, 0.2) is 53.4 Å². The minimum atomic E-state index is -3.84. The Morgan fingerprint density at radius 1 is 1.08 bits per heavy atom. The van der Waals surface area contributed by atoms with Gasteiger partial charge in [0.1, 0.15) is 10.6 Å². The molecule has 2 aromatic rings. The molecule has 0 aliphatic carbocycles. The van der Waals surface area contributed by atoms with Crippen LogP contribution in [-0.2, 0) is 14.9 Å². The highest BCUT2D eigenvalue weighted by Gasteiger charge is 2.23. The van der Waals surface area contributed by atoms with Crippen LogP contribution < -0.4 is 4.18 Å². The number of carbonyl (C=O) groups excluding carboxylic acids is 1. The van der Waals surface area contributed by atoms with Crippen LogP contribution in [-0.4, -0.2) is 32.3 Å². The second-order valence-corrected chi connectivity index (χ2v) is 8.27. The minimum absolute atomic E-state index is 0.0962. The van der Waals surface area contributed by atoms with E-state index >= 15 is 0 Å². The van der Waals surface area contributed by atoms with Crippen molar-refractivity contribution in [3.05, 3.63) is 59.7 Å². The summed E-state index contributed by atoms with van der Waals surface area (Å²) in [6, 6.07) is 13.7. The summed E-state index contributed by atoms with van der Waals surface area (Å²) >= 11 is 0. The molecule has 1 aliphatic rings. The third kappa shape index (κ3) is 4.25. The Kier molecular flexibility index (Phi) is 5.32. The van der Waals surface area contributed by atoms with Gasteiger partial charge in [0.2, 0.25) is 5.91 Å². The molecule has 1 amide bonds. The smallest absolute Gasteiger partial charge is 0.339 e. The molecule has 2 aromatic carbocycles. The Morgan fingerprint density at radius 2 is 1.73 bits per heavy atom. The SMILES string of the molecule is CC(=O)N1CCC[C@@H](c2ccc(OS(=O)(=O)c3ccc(C)cc3)cc2)C1. The van der Waals surface area contributed by atoms with Crippen LogP contribution in [0.25, 0.3) is 0 Å². The maximum atomic E-state index is 12.4. The monoisotopic (exact) mass is 373 g/mol. The molecule has 0 radical (unpaired) electrons. The van der Waals surface area contributed by atoms with E-state index in [1.54, 1.807) is 31.2 Å².